The van der Waals surface area contributed by atoms with Gasteiger partial charge in [0.15, 0.2) is 0 Å². The second-order valence-electron chi connectivity index (χ2n) is 10.2. The maximum Gasteiger partial charge on any atom is 0.274 e. The Morgan fingerprint density at radius 2 is 1.13 bits per heavy atom. The highest BCUT2D eigenvalue weighted by molar-refractivity contribution is 6.34. The van der Waals surface area contributed by atoms with Gasteiger partial charge in [-0.05, 0) is 52.1 Å². The molecule has 0 N–H and O–H groups in total. The molecule has 2 bridgehead atoms. The number of imide groups is 1. The Hall–Kier alpha value is -3.93. The molecule has 39 heavy (non-hydrogen) atoms. The van der Waals surface area contributed by atoms with Crippen molar-refractivity contribution >= 4 is 40.9 Å². The molecule has 0 spiro atoms. The van der Waals surface area contributed by atoms with Gasteiger partial charge in [0.05, 0.1) is 29.0 Å². The summed E-state index contributed by atoms with van der Waals surface area (Å²) in [5, 5.41) is 3.14. The largest absolute Gasteiger partial charge is 0.274 e. The SMILES string of the molecule is O=C(c1ccccc1Cl)N(Cc1ccc(Cl)cc1)N1C(=O)[C@@H]2C3c4ccccc4C(c4ccccc43)[C@H]2C1=O. The zero-order chi connectivity index (χ0) is 26.8. The molecule has 3 aliphatic carbocycles. The Morgan fingerprint density at radius 3 is 1.62 bits per heavy atom. The van der Waals surface area contributed by atoms with Crippen LogP contribution in [-0.2, 0) is 16.1 Å². The number of carbonyl (C=O) groups excluding carboxylic acids is 3. The molecule has 4 aromatic carbocycles. The molecule has 4 aromatic rings. The van der Waals surface area contributed by atoms with Crippen LogP contribution in [0.1, 0.15) is 50.0 Å². The first-order chi connectivity index (χ1) is 19.0. The molecular weight excluding hydrogens is 531 g/mol. The Balaban J connectivity index is 1.36. The summed E-state index contributed by atoms with van der Waals surface area (Å²) < 4.78 is 0. The van der Waals surface area contributed by atoms with Crippen molar-refractivity contribution in [2.75, 3.05) is 0 Å². The molecule has 0 radical (unpaired) electrons. The highest BCUT2D eigenvalue weighted by Gasteiger charge is 2.63. The molecule has 5 nitrogen and oxygen atoms in total. The molecule has 1 heterocycles. The maximum absolute atomic E-state index is 14.3. The van der Waals surface area contributed by atoms with E-state index in [0.717, 1.165) is 32.8 Å². The lowest BCUT2D eigenvalue weighted by Crippen LogP contribution is -2.50. The smallest absolute Gasteiger partial charge is 0.272 e. The molecule has 0 unspecified atom stereocenters. The number of nitrogens with zero attached hydrogens (tertiary/aromatic N) is 2. The van der Waals surface area contributed by atoms with Gasteiger partial charge < -0.3 is 0 Å². The maximum atomic E-state index is 14.3. The second-order valence-corrected chi connectivity index (χ2v) is 11.1. The summed E-state index contributed by atoms with van der Waals surface area (Å²) in [6, 6.07) is 29.8. The lowest BCUT2D eigenvalue weighted by Gasteiger charge is -2.45. The van der Waals surface area contributed by atoms with Gasteiger partial charge in [0.1, 0.15) is 0 Å². The van der Waals surface area contributed by atoms with E-state index in [4.69, 9.17) is 23.2 Å². The predicted octanol–water partition coefficient (Wildman–Crippen LogP) is 6.44. The highest BCUT2D eigenvalue weighted by atomic mass is 35.5. The van der Waals surface area contributed by atoms with Crippen LogP contribution >= 0.6 is 23.2 Å². The third-order valence-corrected chi connectivity index (χ3v) is 8.83. The van der Waals surface area contributed by atoms with Crippen molar-refractivity contribution in [3.63, 3.8) is 0 Å². The van der Waals surface area contributed by atoms with Crippen molar-refractivity contribution in [1.29, 1.82) is 0 Å². The summed E-state index contributed by atoms with van der Waals surface area (Å²) in [4.78, 5) is 42.7. The summed E-state index contributed by atoms with van der Waals surface area (Å²) >= 11 is 12.5. The van der Waals surface area contributed by atoms with E-state index in [1.54, 1.807) is 48.5 Å². The van der Waals surface area contributed by atoms with Gasteiger partial charge in [-0.3, -0.25) is 14.4 Å². The minimum Gasteiger partial charge on any atom is -0.272 e. The molecule has 7 heteroatoms. The number of rotatable bonds is 4. The molecule has 0 saturated carbocycles. The lowest BCUT2D eigenvalue weighted by molar-refractivity contribution is -0.155. The van der Waals surface area contributed by atoms with E-state index in [1.807, 2.05) is 24.3 Å². The van der Waals surface area contributed by atoms with Crippen LogP contribution in [0.5, 0.6) is 0 Å². The first-order valence-corrected chi connectivity index (χ1v) is 13.6. The summed E-state index contributed by atoms with van der Waals surface area (Å²) in [5.74, 6) is -2.96. The Morgan fingerprint density at radius 1 is 0.667 bits per heavy atom. The van der Waals surface area contributed by atoms with Crippen molar-refractivity contribution in [3.05, 3.63) is 140 Å². The number of hydrogen-bond donors (Lipinski definition) is 0. The summed E-state index contributed by atoms with van der Waals surface area (Å²) in [6.45, 7) is 0.00732. The first-order valence-electron chi connectivity index (χ1n) is 12.8. The lowest BCUT2D eigenvalue weighted by atomic mass is 9.55. The predicted molar refractivity (Wildman–Crippen MR) is 148 cm³/mol. The first kappa shape index (κ1) is 24.1. The minimum absolute atomic E-state index is 0.00732. The van der Waals surface area contributed by atoms with E-state index >= 15 is 0 Å². The van der Waals surface area contributed by atoms with Crippen LogP contribution in [0.4, 0.5) is 0 Å². The third kappa shape index (κ3) is 3.57. The number of benzene rings is 4. The Kier molecular flexibility index (Phi) is 5.62. The summed E-state index contributed by atoms with van der Waals surface area (Å²) in [7, 11) is 0. The average molecular weight is 553 g/mol. The normalized spacial score (nSPS) is 22.4. The number of hydrazine groups is 1. The third-order valence-electron chi connectivity index (χ3n) is 8.25. The minimum atomic E-state index is -0.598. The zero-order valence-electron chi connectivity index (χ0n) is 20.6. The number of amides is 3. The van der Waals surface area contributed by atoms with Crippen LogP contribution in [0.3, 0.4) is 0 Å². The molecule has 3 amide bonds. The quantitative estimate of drug-likeness (QED) is 0.273. The van der Waals surface area contributed by atoms with Crippen LogP contribution in [0, 0.1) is 11.8 Å². The van der Waals surface area contributed by atoms with Gasteiger partial charge in [-0.1, -0.05) is 96.0 Å². The van der Waals surface area contributed by atoms with Gasteiger partial charge in [0, 0.05) is 16.9 Å². The molecular formula is C32H22Cl2N2O3. The second kappa shape index (κ2) is 9.08. The molecule has 8 rings (SSSR count). The van der Waals surface area contributed by atoms with Gasteiger partial charge in [0.2, 0.25) is 0 Å². The van der Waals surface area contributed by atoms with E-state index < -0.39 is 17.7 Å². The molecule has 0 aromatic heterocycles. The Labute approximate surface area is 235 Å². The molecule has 2 atom stereocenters. The fourth-order valence-corrected chi connectivity index (χ4v) is 7.01. The van der Waals surface area contributed by atoms with Crippen molar-refractivity contribution in [2.45, 2.75) is 18.4 Å². The van der Waals surface area contributed by atoms with Gasteiger partial charge in [-0.2, -0.15) is 5.01 Å². The average Bonchev–Trinajstić information content (AvgIpc) is 3.22. The van der Waals surface area contributed by atoms with E-state index in [-0.39, 0.29) is 40.8 Å². The van der Waals surface area contributed by atoms with Gasteiger partial charge in [0.25, 0.3) is 17.7 Å². The van der Waals surface area contributed by atoms with E-state index in [0.29, 0.717) is 5.02 Å². The van der Waals surface area contributed by atoms with E-state index in [1.165, 1.54) is 5.01 Å². The summed E-state index contributed by atoms with van der Waals surface area (Å²) in [6.07, 6.45) is 0. The van der Waals surface area contributed by atoms with Gasteiger partial charge >= 0.3 is 0 Å². The summed E-state index contributed by atoms with van der Waals surface area (Å²) in [5.41, 5.74) is 5.25. The molecule has 1 fully saturated rings. The van der Waals surface area contributed by atoms with Crippen molar-refractivity contribution < 1.29 is 14.4 Å². The van der Waals surface area contributed by atoms with Gasteiger partial charge in [-0.25, -0.2) is 5.01 Å². The monoisotopic (exact) mass is 552 g/mol. The fourth-order valence-electron chi connectivity index (χ4n) is 6.67. The van der Waals surface area contributed by atoms with Crippen molar-refractivity contribution in [3.8, 4) is 0 Å². The fraction of sp³-hybridized carbons (Fsp3) is 0.156. The van der Waals surface area contributed by atoms with Crippen LogP contribution in [0.25, 0.3) is 0 Å². The molecule has 192 valence electrons. The van der Waals surface area contributed by atoms with E-state index in [9.17, 15) is 14.4 Å². The van der Waals surface area contributed by atoms with Crippen LogP contribution in [-0.4, -0.2) is 27.7 Å². The molecule has 1 aliphatic heterocycles. The van der Waals surface area contributed by atoms with Crippen molar-refractivity contribution in [2.24, 2.45) is 11.8 Å². The number of hydrogen-bond acceptors (Lipinski definition) is 3. The number of carbonyl (C=O) groups is 3. The van der Waals surface area contributed by atoms with E-state index in [2.05, 4.69) is 24.3 Å². The topological polar surface area (TPSA) is 57.7 Å². The standard InChI is InChI=1S/C32H22Cl2N2O3/c33-19-15-13-18(14-16-19)17-35(30(37)24-11-5-6-12-25(24)34)36-31(38)28-26-20-7-1-2-8-21(20)27(29(28)32(36)39)23-10-4-3-9-22(23)26/h1-16,26-29H,17H2/t26?,27?,28-,29-/m1/s1. The number of halogens is 2. The van der Waals surface area contributed by atoms with Crippen LogP contribution in [0.15, 0.2) is 97.1 Å². The zero-order valence-corrected chi connectivity index (χ0v) is 22.1. The van der Waals surface area contributed by atoms with Crippen LogP contribution in [0.2, 0.25) is 10.0 Å². The van der Waals surface area contributed by atoms with Gasteiger partial charge in [-0.15, -0.1) is 0 Å². The highest BCUT2D eigenvalue weighted by Crippen LogP contribution is 2.61. The Bertz CT molecular complexity index is 1550. The van der Waals surface area contributed by atoms with Crippen molar-refractivity contribution in [1.82, 2.24) is 10.0 Å². The molecule has 1 saturated heterocycles. The molecule has 4 aliphatic rings. The van der Waals surface area contributed by atoms with Crippen LogP contribution < -0.4 is 0 Å².